The second kappa shape index (κ2) is 8.92. The number of benzene rings is 1. The summed E-state index contributed by atoms with van der Waals surface area (Å²) in [7, 11) is 3.06. The van der Waals surface area contributed by atoms with Gasteiger partial charge in [-0.2, -0.15) is 0 Å². The number of carbonyl (C=O) groups is 2. The first-order valence-electron chi connectivity index (χ1n) is 7.24. The van der Waals surface area contributed by atoms with Crippen molar-refractivity contribution in [3.63, 3.8) is 0 Å². The number of aliphatic carboxylic acids is 1. The Balaban J connectivity index is 2.69. The fourth-order valence-electron chi connectivity index (χ4n) is 2.09. The van der Waals surface area contributed by atoms with Crippen LogP contribution in [0, 0.1) is 0 Å². The topological polar surface area (TPSA) is 84.9 Å². The Bertz CT molecular complexity index is 515. The van der Waals surface area contributed by atoms with Crippen molar-refractivity contribution in [2.75, 3.05) is 14.2 Å². The lowest BCUT2D eigenvalue weighted by Gasteiger charge is -2.14. The number of carboxylic acids is 1. The molecular formula is C16H23NO5. The first kappa shape index (κ1) is 17.8. The summed E-state index contributed by atoms with van der Waals surface area (Å²) in [5.41, 5.74) is 0.731. The SMILES string of the molecule is CCCCC(NC(=O)Cc1ccc(OC)c(OC)c1)C(=O)O. The van der Waals surface area contributed by atoms with Gasteiger partial charge in [-0.3, -0.25) is 4.79 Å². The van der Waals surface area contributed by atoms with E-state index in [1.54, 1.807) is 18.2 Å². The number of rotatable bonds is 9. The van der Waals surface area contributed by atoms with Gasteiger partial charge in [0.2, 0.25) is 5.91 Å². The lowest BCUT2D eigenvalue weighted by molar-refractivity contribution is -0.142. The molecule has 0 aliphatic carbocycles. The van der Waals surface area contributed by atoms with Gasteiger partial charge in [-0.05, 0) is 24.1 Å². The van der Waals surface area contributed by atoms with Gasteiger partial charge < -0.3 is 19.9 Å². The maximum absolute atomic E-state index is 12.0. The Morgan fingerprint density at radius 2 is 1.91 bits per heavy atom. The second-order valence-corrected chi connectivity index (χ2v) is 4.97. The number of unbranched alkanes of at least 4 members (excludes halogenated alkanes) is 1. The van der Waals surface area contributed by atoms with E-state index in [9.17, 15) is 9.59 Å². The number of carbonyl (C=O) groups excluding carboxylic acids is 1. The lowest BCUT2D eigenvalue weighted by Crippen LogP contribution is -2.41. The highest BCUT2D eigenvalue weighted by atomic mass is 16.5. The van der Waals surface area contributed by atoms with Crippen molar-refractivity contribution >= 4 is 11.9 Å². The highest BCUT2D eigenvalue weighted by Crippen LogP contribution is 2.27. The number of amides is 1. The Morgan fingerprint density at radius 3 is 2.45 bits per heavy atom. The van der Waals surface area contributed by atoms with E-state index in [-0.39, 0.29) is 12.3 Å². The summed E-state index contributed by atoms with van der Waals surface area (Å²) in [5.74, 6) is -0.212. The lowest BCUT2D eigenvalue weighted by atomic mass is 10.1. The minimum absolute atomic E-state index is 0.0935. The molecule has 0 radical (unpaired) electrons. The summed E-state index contributed by atoms with van der Waals surface area (Å²) >= 11 is 0. The Morgan fingerprint density at radius 1 is 1.23 bits per heavy atom. The molecule has 1 atom stereocenters. The average Bonchev–Trinajstić information content (AvgIpc) is 2.50. The molecule has 0 saturated heterocycles. The number of methoxy groups -OCH3 is 2. The van der Waals surface area contributed by atoms with Crippen molar-refractivity contribution in [1.29, 1.82) is 0 Å². The molecule has 1 aromatic carbocycles. The minimum Gasteiger partial charge on any atom is -0.493 e. The standard InChI is InChI=1S/C16H23NO5/c1-4-5-6-12(16(19)20)17-15(18)10-11-7-8-13(21-2)14(9-11)22-3/h7-9,12H,4-6,10H2,1-3H3,(H,17,18)(H,19,20). The molecule has 0 saturated carbocycles. The van der Waals surface area contributed by atoms with Gasteiger partial charge in [-0.1, -0.05) is 25.8 Å². The maximum atomic E-state index is 12.0. The number of ether oxygens (including phenoxy) is 2. The summed E-state index contributed by atoms with van der Waals surface area (Å²) in [6.07, 6.45) is 2.17. The smallest absolute Gasteiger partial charge is 0.326 e. The molecular weight excluding hydrogens is 286 g/mol. The Hall–Kier alpha value is -2.24. The monoisotopic (exact) mass is 309 g/mol. The van der Waals surface area contributed by atoms with Crippen LogP contribution >= 0.6 is 0 Å². The number of nitrogens with one attached hydrogen (secondary N) is 1. The van der Waals surface area contributed by atoms with Crippen LogP contribution in [0.2, 0.25) is 0 Å². The van der Waals surface area contributed by atoms with Crippen LogP contribution in [0.4, 0.5) is 0 Å². The van der Waals surface area contributed by atoms with Gasteiger partial charge in [0.05, 0.1) is 20.6 Å². The molecule has 122 valence electrons. The molecule has 0 fully saturated rings. The zero-order valence-corrected chi connectivity index (χ0v) is 13.2. The van der Waals surface area contributed by atoms with Crippen molar-refractivity contribution in [3.8, 4) is 11.5 Å². The molecule has 2 N–H and O–H groups in total. The van der Waals surface area contributed by atoms with E-state index in [1.165, 1.54) is 14.2 Å². The summed E-state index contributed by atoms with van der Waals surface area (Å²) in [6, 6.07) is 4.34. The van der Waals surface area contributed by atoms with E-state index in [2.05, 4.69) is 5.32 Å². The zero-order chi connectivity index (χ0) is 16.5. The summed E-state index contributed by atoms with van der Waals surface area (Å²) in [5, 5.41) is 11.7. The van der Waals surface area contributed by atoms with E-state index in [0.717, 1.165) is 18.4 Å². The third-order valence-corrected chi connectivity index (χ3v) is 3.29. The van der Waals surface area contributed by atoms with E-state index in [0.29, 0.717) is 17.9 Å². The van der Waals surface area contributed by atoms with Crippen LogP contribution in [0.25, 0.3) is 0 Å². The van der Waals surface area contributed by atoms with E-state index < -0.39 is 12.0 Å². The van der Waals surface area contributed by atoms with Crippen LogP contribution in [0.5, 0.6) is 11.5 Å². The first-order valence-corrected chi connectivity index (χ1v) is 7.24. The largest absolute Gasteiger partial charge is 0.493 e. The molecule has 1 unspecified atom stereocenters. The molecule has 1 rings (SSSR count). The van der Waals surface area contributed by atoms with Gasteiger partial charge in [0.1, 0.15) is 6.04 Å². The Kier molecular flexibility index (Phi) is 7.22. The van der Waals surface area contributed by atoms with Crippen molar-refractivity contribution < 1.29 is 24.2 Å². The summed E-state index contributed by atoms with van der Waals surface area (Å²) in [4.78, 5) is 23.1. The van der Waals surface area contributed by atoms with Gasteiger partial charge in [-0.15, -0.1) is 0 Å². The highest BCUT2D eigenvalue weighted by molar-refractivity contribution is 5.84. The zero-order valence-electron chi connectivity index (χ0n) is 13.2. The molecule has 0 spiro atoms. The van der Waals surface area contributed by atoms with Crippen LogP contribution in [0.1, 0.15) is 31.7 Å². The fraction of sp³-hybridized carbons (Fsp3) is 0.500. The molecule has 0 aromatic heterocycles. The number of hydrogen-bond donors (Lipinski definition) is 2. The fourth-order valence-corrected chi connectivity index (χ4v) is 2.09. The van der Waals surface area contributed by atoms with Gasteiger partial charge in [-0.25, -0.2) is 4.79 Å². The van der Waals surface area contributed by atoms with Crippen molar-refractivity contribution in [2.45, 2.75) is 38.6 Å². The van der Waals surface area contributed by atoms with E-state index in [4.69, 9.17) is 14.6 Å². The van der Waals surface area contributed by atoms with Crippen LogP contribution < -0.4 is 14.8 Å². The molecule has 22 heavy (non-hydrogen) atoms. The molecule has 6 heteroatoms. The number of carboxylic acid groups (broad SMARTS) is 1. The predicted molar refractivity (Wildman–Crippen MR) is 82.3 cm³/mol. The van der Waals surface area contributed by atoms with Crippen LogP contribution in [-0.2, 0) is 16.0 Å². The highest BCUT2D eigenvalue weighted by Gasteiger charge is 2.19. The van der Waals surface area contributed by atoms with Crippen molar-refractivity contribution in [2.24, 2.45) is 0 Å². The van der Waals surface area contributed by atoms with E-state index >= 15 is 0 Å². The second-order valence-electron chi connectivity index (χ2n) is 4.97. The molecule has 0 heterocycles. The maximum Gasteiger partial charge on any atom is 0.326 e. The summed E-state index contributed by atoms with van der Waals surface area (Å²) in [6.45, 7) is 1.98. The van der Waals surface area contributed by atoms with Gasteiger partial charge in [0, 0.05) is 0 Å². The predicted octanol–water partition coefficient (Wildman–Crippen LogP) is 2.01. The van der Waals surface area contributed by atoms with Crippen molar-refractivity contribution in [3.05, 3.63) is 23.8 Å². The number of hydrogen-bond acceptors (Lipinski definition) is 4. The molecule has 1 amide bonds. The molecule has 0 aliphatic heterocycles. The molecule has 0 aliphatic rings. The quantitative estimate of drug-likeness (QED) is 0.729. The third-order valence-electron chi connectivity index (χ3n) is 3.29. The first-order chi connectivity index (χ1) is 10.5. The molecule has 0 bridgehead atoms. The summed E-state index contributed by atoms with van der Waals surface area (Å²) < 4.78 is 10.3. The third kappa shape index (κ3) is 5.27. The van der Waals surface area contributed by atoms with E-state index in [1.807, 2.05) is 6.92 Å². The van der Waals surface area contributed by atoms with Crippen LogP contribution in [0.3, 0.4) is 0 Å². The molecule has 1 aromatic rings. The normalized spacial score (nSPS) is 11.6. The Labute approximate surface area is 130 Å². The van der Waals surface area contributed by atoms with Crippen LogP contribution in [-0.4, -0.2) is 37.2 Å². The van der Waals surface area contributed by atoms with Crippen LogP contribution in [0.15, 0.2) is 18.2 Å². The average molecular weight is 309 g/mol. The van der Waals surface area contributed by atoms with Crippen molar-refractivity contribution in [1.82, 2.24) is 5.32 Å². The van der Waals surface area contributed by atoms with Gasteiger partial charge in [0.15, 0.2) is 11.5 Å². The molecule has 6 nitrogen and oxygen atoms in total. The van der Waals surface area contributed by atoms with Gasteiger partial charge in [0.25, 0.3) is 0 Å². The van der Waals surface area contributed by atoms with Gasteiger partial charge >= 0.3 is 5.97 Å². The minimum atomic E-state index is -1.01.